The van der Waals surface area contributed by atoms with E-state index in [0.717, 1.165) is 24.2 Å². The number of fused-ring (bicyclic) bond motifs is 2. The number of carbonyl (C=O) groups excluding carboxylic acids is 1. The van der Waals surface area contributed by atoms with E-state index in [-0.39, 0.29) is 17.4 Å². The van der Waals surface area contributed by atoms with Crippen LogP contribution in [0.2, 0.25) is 0 Å². The topological polar surface area (TPSA) is 102 Å². The number of ether oxygens (including phenoxy) is 1. The summed E-state index contributed by atoms with van der Waals surface area (Å²) in [7, 11) is -2.97. The number of benzene rings is 2. The molecule has 30 heavy (non-hydrogen) atoms. The summed E-state index contributed by atoms with van der Waals surface area (Å²) in [5.41, 5.74) is 3.43. The highest BCUT2D eigenvalue weighted by Crippen LogP contribution is 2.28. The van der Waals surface area contributed by atoms with Crippen LogP contribution in [0.5, 0.6) is 5.75 Å². The van der Waals surface area contributed by atoms with Gasteiger partial charge in [0.1, 0.15) is 11.3 Å². The largest absolute Gasteiger partial charge is 0.493 e. The van der Waals surface area contributed by atoms with Crippen LogP contribution in [0.4, 0.5) is 11.7 Å². The fourth-order valence-corrected chi connectivity index (χ4v) is 4.94. The van der Waals surface area contributed by atoms with Crippen LogP contribution in [-0.2, 0) is 16.3 Å². The molecule has 0 radical (unpaired) electrons. The summed E-state index contributed by atoms with van der Waals surface area (Å²) in [6.07, 6.45) is 1.86. The third kappa shape index (κ3) is 3.72. The number of hydrogen-bond acceptors (Lipinski definition) is 7. The number of carbonyl (C=O) groups is 1. The molecule has 2 aromatic carbocycles. The molecule has 5 rings (SSSR count). The van der Waals surface area contributed by atoms with E-state index in [2.05, 4.69) is 10.3 Å². The van der Waals surface area contributed by atoms with E-state index in [1.54, 1.807) is 24.3 Å². The van der Waals surface area contributed by atoms with Crippen LogP contribution in [0.15, 0.2) is 40.8 Å². The lowest BCUT2D eigenvalue weighted by molar-refractivity contribution is 0.102. The van der Waals surface area contributed by atoms with Gasteiger partial charge in [-0.15, -0.1) is 0 Å². The van der Waals surface area contributed by atoms with Crippen LogP contribution in [0.3, 0.4) is 0 Å². The number of hydrogen-bond donors (Lipinski definition) is 1. The van der Waals surface area contributed by atoms with Crippen molar-refractivity contribution in [3.63, 3.8) is 0 Å². The van der Waals surface area contributed by atoms with Crippen molar-refractivity contribution in [3.05, 3.63) is 47.5 Å². The van der Waals surface area contributed by atoms with Gasteiger partial charge in [0.25, 0.3) is 11.9 Å². The molecule has 0 aliphatic carbocycles. The second-order valence-electron chi connectivity index (χ2n) is 7.55. The van der Waals surface area contributed by atoms with Gasteiger partial charge in [-0.05, 0) is 54.8 Å². The van der Waals surface area contributed by atoms with Gasteiger partial charge in [0, 0.05) is 24.3 Å². The SMILES string of the molecule is O=C(Nc1ccc2oc(N3CCS(=O)(=O)CC3)nc2c1)c1ccc2c(c1)CCCO2. The first-order chi connectivity index (χ1) is 14.5. The van der Waals surface area contributed by atoms with Crippen LogP contribution in [-0.4, -0.2) is 50.5 Å². The Morgan fingerprint density at radius 1 is 1.10 bits per heavy atom. The number of oxazole rings is 1. The Bertz CT molecular complexity index is 1220. The third-order valence-corrected chi connectivity index (χ3v) is 7.03. The van der Waals surface area contributed by atoms with Gasteiger partial charge in [-0.2, -0.15) is 4.98 Å². The number of sulfone groups is 1. The van der Waals surface area contributed by atoms with E-state index in [4.69, 9.17) is 9.15 Å². The first-order valence-electron chi connectivity index (χ1n) is 9.90. The molecule has 0 bridgehead atoms. The molecule has 0 unspecified atom stereocenters. The normalized spacial score (nSPS) is 17.9. The van der Waals surface area contributed by atoms with Crippen molar-refractivity contribution in [2.24, 2.45) is 0 Å². The number of rotatable bonds is 3. The van der Waals surface area contributed by atoms with Gasteiger partial charge >= 0.3 is 0 Å². The summed E-state index contributed by atoms with van der Waals surface area (Å²) >= 11 is 0. The molecule has 0 spiro atoms. The molecule has 9 heteroatoms. The zero-order valence-corrected chi connectivity index (χ0v) is 17.1. The van der Waals surface area contributed by atoms with Crippen molar-refractivity contribution < 1.29 is 22.4 Å². The molecule has 2 aliphatic rings. The predicted molar refractivity (Wildman–Crippen MR) is 113 cm³/mol. The predicted octanol–water partition coefficient (Wildman–Crippen LogP) is 2.64. The van der Waals surface area contributed by atoms with E-state index < -0.39 is 9.84 Å². The molecule has 1 amide bonds. The van der Waals surface area contributed by atoms with Crippen molar-refractivity contribution in [2.75, 3.05) is 41.4 Å². The lowest BCUT2D eigenvalue weighted by Gasteiger charge is -2.24. The molecule has 1 fully saturated rings. The molecule has 3 heterocycles. The monoisotopic (exact) mass is 427 g/mol. The molecule has 156 valence electrons. The van der Waals surface area contributed by atoms with Crippen molar-refractivity contribution in [2.45, 2.75) is 12.8 Å². The van der Waals surface area contributed by atoms with Crippen molar-refractivity contribution in [1.82, 2.24) is 4.98 Å². The smallest absolute Gasteiger partial charge is 0.298 e. The number of anilines is 2. The quantitative estimate of drug-likeness (QED) is 0.686. The maximum absolute atomic E-state index is 12.7. The van der Waals surface area contributed by atoms with Crippen molar-refractivity contribution >= 4 is 38.5 Å². The van der Waals surface area contributed by atoms with Gasteiger partial charge in [-0.3, -0.25) is 4.79 Å². The molecule has 2 aliphatic heterocycles. The molecular weight excluding hydrogens is 406 g/mol. The molecular formula is C21H21N3O5S. The maximum atomic E-state index is 12.7. The summed E-state index contributed by atoms with van der Waals surface area (Å²) < 4.78 is 34.6. The van der Waals surface area contributed by atoms with Crippen LogP contribution >= 0.6 is 0 Å². The number of nitrogens with one attached hydrogen (secondary N) is 1. The maximum Gasteiger partial charge on any atom is 0.298 e. The zero-order chi connectivity index (χ0) is 20.7. The molecule has 1 N–H and O–H groups in total. The van der Waals surface area contributed by atoms with Crippen LogP contribution in [0, 0.1) is 0 Å². The molecule has 0 atom stereocenters. The molecule has 3 aromatic rings. The van der Waals surface area contributed by atoms with Gasteiger partial charge in [0.15, 0.2) is 15.4 Å². The highest BCUT2D eigenvalue weighted by molar-refractivity contribution is 7.91. The number of aryl methyl sites for hydroxylation is 1. The first-order valence-corrected chi connectivity index (χ1v) is 11.7. The molecule has 1 saturated heterocycles. The Morgan fingerprint density at radius 2 is 1.93 bits per heavy atom. The van der Waals surface area contributed by atoms with E-state index in [9.17, 15) is 13.2 Å². The van der Waals surface area contributed by atoms with Gasteiger partial charge in [-0.25, -0.2) is 8.42 Å². The Balaban J connectivity index is 1.33. The first kappa shape index (κ1) is 18.9. The van der Waals surface area contributed by atoms with Gasteiger partial charge < -0.3 is 19.4 Å². The average Bonchev–Trinajstić information content (AvgIpc) is 3.16. The molecule has 0 saturated carbocycles. The Hall–Kier alpha value is -3.07. The van der Waals surface area contributed by atoms with E-state index >= 15 is 0 Å². The Kier molecular flexibility index (Phi) is 4.62. The van der Waals surface area contributed by atoms with Gasteiger partial charge in [0.05, 0.1) is 18.1 Å². The Labute approximate surface area is 173 Å². The van der Waals surface area contributed by atoms with E-state index in [0.29, 0.717) is 48.1 Å². The highest BCUT2D eigenvalue weighted by atomic mass is 32.2. The summed E-state index contributed by atoms with van der Waals surface area (Å²) in [6.45, 7) is 1.44. The van der Waals surface area contributed by atoms with Crippen LogP contribution in [0.1, 0.15) is 22.3 Å². The minimum absolute atomic E-state index is 0.0961. The third-order valence-electron chi connectivity index (χ3n) is 5.42. The molecule has 1 aromatic heterocycles. The number of amides is 1. The summed E-state index contributed by atoms with van der Waals surface area (Å²) in [6, 6.07) is 11.1. The Morgan fingerprint density at radius 3 is 2.77 bits per heavy atom. The van der Waals surface area contributed by atoms with E-state index in [1.165, 1.54) is 0 Å². The summed E-state index contributed by atoms with van der Waals surface area (Å²) in [5, 5.41) is 2.90. The van der Waals surface area contributed by atoms with Gasteiger partial charge in [-0.1, -0.05) is 0 Å². The second kappa shape index (κ2) is 7.32. The minimum Gasteiger partial charge on any atom is -0.493 e. The lowest BCUT2D eigenvalue weighted by atomic mass is 10.0. The highest BCUT2D eigenvalue weighted by Gasteiger charge is 2.25. The van der Waals surface area contributed by atoms with Crippen molar-refractivity contribution in [1.29, 1.82) is 0 Å². The average molecular weight is 427 g/mol. The number of nitrogens with zero attached hydrogens (tertiary/aromatic N) is 2. The number of aromatic nitrogens is 1. The summed E-state index contributed by atoms with van der Waals surface area (Å²) in [5.74, 6) is 0.838. The lowest BCUT2D eigenvalue weighted by Crippen LogP contribution is -2.40. The molecule has 8 nitrogen and oxygen atoms in total. The van der Waals surface area contributed by atoms with Crippen LogP contribution in [0.25, 0.3) is 11.1 Å². The fourth-order valence-electron chi connectivity index (χ4n) is 3.74. The summed E-state index contributed by atoms with van der Waals surface area (Å²) in [4.78, 5) is 19.0. The van der Waals surface area contributed by atoms with Crippen molar-refractivity contribution in [3.8, 4) is 5.75 Å². The van der Waals surface area contributed by atoms with Crippen LogP contribution < -0.4 is 15.0 Å². The van der Waals surface area contributed by atoms with E-state index in [1.807, 2.05) is 17.0 Å². The standard InChI is InChI=1S/C21H21N3O5S/c25-20(15-3-5-18-14(12-15)2-1-9-28-18)22-16-4-6-19-17(13-16)23-21(29-19)24-7-10-30(26,27)11-8-24/h3-6,12-13H,1-2,7-11H2,(H,22,25). The fraction of sp³-hybridized carbons (Fsp3) is 0.333. The van der Waals surface area contributed by atoms with Gasteiger partial charge in [0.2, 0.25) is 0 Å². The zero-order valence-electron chi connectivity index (χ0n) is 16.3. The second-order valence-corrected chi connectivity index (χ2v) is 9.85. The minimum atomic E-state index is -2.97.